The SMILES string of the molecule is O=C(Nc1ccc2c(c1)OC1(CCCC1)O2)c1ccc(CN2CCCC2=O)cc1. The van der Waals surface area contributed by atoms with Crippen LogP contribution in [-0.4, -0.2) is 29.0 Å². The molecule has 2 fully saturated rings. The highest BCUT2D eigenvalue weighted by Crippen LogP contribution is 2.47. The zero-order valence-corrected chi connectivity index (χ0v) is 16.3. The van der Waals surface area contributed by atoms with Crippen molar-refractivity contribution >= 4 is 17.5 Å². The van der Waals surface area contributed by atoms with Crippen LogP contribution >= 0.6 is 0 Å². The van der Waals surface area contributed by atoms with Crippen molar-refractivity contribution in [1.82, 2.24) is 4.90 Å². The van der Waals surface area contributed by atoms with E-state index in [-0.39, 0.29) is 11.8 Å². The third kappa shape index (κ3) is 3.55. The summed E-state index contributed by atoms with van der Waals surface area (Å²) in [6, 6.07) is 12.9. The molecule has 0 aromatic heterocycles. The average Bonchev–Trinajstić information content (AvgIpc) is 3.43. The largest absolute Gasteiger partial charge is 0.448 e. The van der Waals surface area contributed by atoms with Crippen molar-refractivity contribution < 1.29 is 19.1 Å². The lowest BCUT2D eigenvalue weighted by Gasteiger charge is -2.21. The van der Waals surface area contributed by atoms with Gasteiger partial charge in [0.1, 0.15) is 0 Å². The first-order chi connectivity index (χ1) is 14.1. The number of ether oxygens (including phenoxy) is 2. The Morgan fingerprint density at radius 2 is 1.76 bits per heavy atom. The summed E-state index contributed by atoms with van der Waals surface area (Å²) in [7, 11) is 0. The van der Waals surface area contributed by atoms with Gasteiger partial charge in [-0.25, -0.2) is 0 Å². The Labute approximate surface area is 169 Å². The second kappa shape index (κ2) is 7.10. The van der Waals surface area contributed by atoms with Crippen LogP contribution in [0.1, 0.15) is 54.4 Å². The maximum Gasteiger partial charge on any atom is 0.255 e. The van der Waals surface area contributed by atoms with Gasteiger partial charge in [0.25, 0.3) is 11.7 Å². The molecular weight excluding hydrogens is 368 g/mol. The van der Waals surface area contributed by atoms with E-state index in [0.29, 0.717) is 30.0 Å². The summed E-state index contributed by atoms with van der Waals surface area (Å²) in [6.07, 6.45) is 5.59. The van der Waals surface area contributed by atoms with Gasteiger partial charge in [-0.05, 0) is 49.1 Å². The average molecular weight is 392 g/mol. The second-order valence-corrected chi connectivity index (χ2v) is 8.05. The lowest BCUT2D eigenvalue weighted by molar-refractivity contribution is -0.128. The van der Waals surface area contributed by atoms with Crippen LogP contribution in [0.4, 0.5) is 5.69 Å². The number of nitrogens with zero attached hydrogens (tertiary/aromatic N) is 1. The minimum Gasteiger partial charge on any atom is -0.448 e. The van der Waals surface area contributed by atoms with Gasteiger partial charge < -0.3 is 19.7 Å². The molecular formula is C23H24N2O4. The Morgan fingerprint density at radius 1 is 1.00 bits per heavy atom. The molecule has 29 heavy (non-hydrogen) atoms. The van der Waals surface area contributed by atoms with E-state index in [2.05, 4.69) is 5.32 Å². The molecule has 1 spiro atoms. The van der Waals surface area contributed by atoms with Crippen molar-refractivity contribution in [2.75, 3.05) is 11.9 Å². The molecule has 2 heterocycles. The van der Waals surface area contributed by atoms with Gasteiger partial charge in [-0.15, -0.1) is 0 Å². The van der Waals surface area contributed by atoms with E-state index in [0.717, 1.165) is 50.0 Å². The first-order valence-electron chi connectivity index (χ1n) is 10.3. The van der Waals surface area contributed by atoms with Gasteiger partial charge in [0.05, 0.1) is 0 Å². The fraction of sp³-hybridized carbons (Fsp3) is 0.391. The van der Waals surface area contributed by atoms with E-state index in [1.165, 1.54) is 0 Å². The molecule has 3 aliphatic rings. The Balaban J connectivity index is 1.23. The van der Waals surface area contributed by atoms with Crippen LogP contribution in [-0.2, 0) is 11.3 Å². The number of benzene rings is 2. The molecule has 6 nitrogen and oxygen atoms in total. The molecule has 0 radical (unpaired) electrons. The molecule has 5 rings (SSSR count). The van der Waals surface area contributed by atoms with Gasteiger partial charge in [-0.3, -0.25) is 9.59 Å². The topological polar surface area (TPSA) is 67.9 Å². The van der Waals surface area contributed by atoms with Crippen LogP contribution in [0.5, 0.6) is 11.5 Å². The summed E-state index contributed by atoms with van der Waals surface area (Å²) in [4.78, 5) is 26.2. The summed E-state index contributed by atoms with van der Waals surface area (Å²) in [6.45, 7) is 1.41. The number of carbonyl (C=O) groups is 2. The van der Waals surface area contributed by atoms with E-state index >= 15 is 0 Å². The standard InChI is InChI=1S/C23H24N2O4/c26-21-4-3-13-25(21)15-16-5-7-17(8-6-16)22(27)24-18-9-10-19-20(14-18)29-23(28-19)11-1-2-12-23/h5-10,14H,1-4,11-13,15H2,(H,24,27). The fourth-order valence-electron chi connectivity index (χ4n) is 4.35. The molecule has 0 atom stereocenters. The summed E-state index contributed by atoms with van der Waals surface area (Å²) in [5.74, 6) is 0.954. The van der Waals surface area contributed by atoms with Crippen molar-refractivity contribution in [3.05, 3.63) is 53.6 Å². The lowest BCUT2D eigenvalue weighted by Crippen LogP contribution is -2.34. The maximum atomic E-state index is 12.6. The van der Waals surface area contributed by atoms with E-state index in [1.54, 1.807) is 12.1 Å². The number of amides is 2. The highest BCUT2D eigenvalue weighted by Gasteiger charge is 2.44. The van der Waals surface area contributed by atoms with Crippen LogP contribution in [0.15, 0.2) is 42.5 Å². The van der Waals surface area contributed by atoms with Crippen LogP contribution < -0.4 is 14.8 Å². The zero-order chi connectivity index (χ0) is 19.8. The number of carbonyl (C=O) groups excluding carboxylic acids is 2. The van der Waals surface area contributed by atoms with E-state index in [9.17, 15) is 9.59 Å². The molecule has 1 saturated heterocycles. The highest BCUT2D eigenvalue weighted by molar-refractivity contribution is 6.04. The summed E-state index contributed by atoms with van der Waals surface area (Å²) >= 11 is 0. The molecule has 2 aliphatic heterocycles. The van der Waals surface area contributed by atoms with Crippen molar-refractivity contribution in [3.8, 4) is 11.5 Å². The smallest absolute Gasteiger partial charge is 0.255 e. The second-order valence-electron chi connectivity index (χ2n) is 8.05. The van der Waals surface area contributed by atoms with Crippen molar-refractivity contribution in [2.45, 2.75) is 50.9 Å². The van der Waals surface area contributed by atoms with Crippen LogP contribution in [0.25, 0.3) is 0 Å². The minimum atomic E-state index is -0.502. The molecule has 1 saturated carbocycles. The van der Waals surface area contributed by atoms with Crippen molar-refractivity contribution in [3.63, 3.8) is 0 Å². The Kier molecular flexibility index (Phi) is 4.42. The summed E-state index contributed by atoms with van der Waals surface area (Å²) < 4.78 is 12.1. The van der Waals surface area contributed by atoms with E-state index in [4.69, 9.17) is 9.47 Å². The highest BCUT2D eigenvalue weighted by atomic mass is 16.7. The van der Waals surface area contributed by atoms with Crippen molar-refractivity contribution in [1.29, 1.82) is 0 Å². The lowest BCUT2D eigenvalue weighted by atomic mass is 10.1. The fourth-order valence-corrected chi connectivity index (χ4v) is 4.35. The van der Waals surface area contributed by atoms with Gasteiger partial charge in [0.2, 0.25) is 5.91 Å². The molecule has 0 unspecified atom stereocenters. The number of anilines is 1. The number of rotatable bonds is 4. The molecule has 0 bridgehead atoms. The monoisotopic (exact) mass is 392 g/mol. The number of nitrogens with one attached hydrogen (secondary N) is 1. The maximum absolute atomic E-state index is 12.6. The number of hydrogen-bond acceptors (Lipinski definition) is 4. The minimum absolute atomic E-state index is 0.178. The summed E-state index contributed by atoms with van der Waals surface area (Å²) in [5.41, 5.74) is 2.28. The Morgan fingerprint density at radius 3 is 2.48 bits per heavy atom. The molecule has 150 valence electrons. The molecule has 2 aromatic rings. The number of fused-ring (bicyclic) bond motifs is 1. The van der Waals surface area contributed by atoms with Gasteiger partial charge in [0.15, 0.2) is 11.5 Å². The quantitative estimate of drug-likeness (QED) is 0.851. The van der Waals surface area contributed by atoms with Crippen LogP contribution in [0.2, 0.25) is 0 Å². The Bertz CT molecular complexity index is 948. The molecule has 6 heteroatoms. The number of likely N-dealkylation sites (tertiary alicyclic amines) is 1. The molecule has 1 N–H and O–H groups in total. The third-order valence-electron chi connectivity index (χ3n) is 5.92. The van der Waals surface area contributed by atoms with Gasteiger partial charge in [-0.1, -0.05) is 12.1 Å². The number of hydrogen-bond donors (Lipinski definition) is 1. The zero-order valence-electron chi connectivity index (χ0n) is 16.3. The van der Waals surface area contributed by atoms with Gasteiger partial charge >= 0.3 is 0 Å². The van der Waals surface area contributed by atoms with E-state index in [1.807, 2.05) is 35.2 Å². The van der Waals surface area contributed by atoms with E-state index < -0.39 is 5.79 Å². The first-order valence-corrected chi connectivity index (χ1v) is 10.3. The normalized spacial score (nSPS) is 19.2. The molecule has 2 aromatic carbocycles. The predicted molar refractivity (Wildman–Crippen MR) is 108 cm³/mol. The molecule has 1 aliphatic carbocycles. The van der Waals surface area contributed by atoms with Crippen LogP contribution in [0, 0.1) is 0 Å². The predicted octanol–water partition coefficient (Wildman–Crippen LogP) is 4.10. The Hall–Kier alpha value is -3.02. The van der Waals surface area contributed by atoms with Crippen LogP contribution in [0.3, 0.4) is 0 Å². The molecule has 2 amide bonds. The summed E-state index contributed by atoms with van der Waals surface area (Å²) in [5, 5.41) is 2.93. The van der Waals surface area contributed by atoms with Crippen molar-refractivity contribution in [2.24, 2.45) is 0 Å². The first kappa shape index (κ1) is 18.0. The van der Waals surface area contributed by atoms with Gasteiger partial charge in [-0.2, -0.15) is 0 Å². The third-order valence-corrected chi connectivity index (χ3v) is 5.92. The van der Waals surface area contributed by atoms with Gasteiger partial charge in [0, 0.05) is 49.7 Å².